The van der Waals surface area contributed by atoms with Crippen LogP contribution >= 0.6 is 31.9 Å². The Morgan fingerprint density at radius 3 is 1.86 bits per heavy atom. The lowest BCUT2D eigenvalue weighted by molar-refractivity contribution is -0.140. The van der Waals surface area contributed by atoms with Gasteiger partial charge in [-0.05, 0) is 65.6 Å². The Morgan fingerprint density at radius 2 is 1.30 bits per heavy atom. The van der Waals surface area contributed by atoms with Crippen molar-refractivity contribution < 1.29 is 18.0 Å². The van der Waals surface area contributed by atoms with Gasteiger partial charge in [-0.15, -0.1) is 0 Å². The van der Waals surface area contributed by atoms with E-state index in [1.807, 2.05) is 68.4 Å². The number of carbonyl (C=O) groups is 2. The number of amides is 2. The van der Waals surface area contributed by atoms with E-state index in [9.17, 15) is 18.0 Å². The van der Waals surface area contributed by atoms with Crippen molar-refractivity contribution in [2.75, 3.05) is 17.4 Å². The molecule has 10 heteroatoms. The second-order valence-corrected chi connectivity index (χ2v) is 14.5. The molecule has 0 aliphatic rings. The first kappa shape index (κ1) is 33.4. The summed E-state index contributed by atoms with van der Waals surface area (Å²) < 4.78 is 30.8. The molecule has 1 N–H and O–H groups in total. The molecular formula is C34H35Br2N3O4S. The zero-order chi connectivity index (χ0) is 31.7. The van der Waals surface area contributed by atoms with E-state index >= 15 is 0 Å². The second-order valence-electron chi connectivity index (χ2n) is 10.8. The third kappa shape index (κ3) is 9.03. The Labute approximate surface area is 276 Å². The Kier molecular flexibility index (Phi) is 11.8. The first-order valence-corrected chi connectivity index (χ1v) is 17.3. The molecular weight excluding hydrogens is 706 g/mol. The molecule has 0 aliphatic carbocycles. The molecule has 0 unspecified atom stereocenters. The van der Waals surface area contributed by atoms with Crippen LogP contribution in [-0.2, 0) is 32.6 Å². The summed E-state index contributed by atoms with van der Waals surface area (Å²) in [5.41, 5.74) is 2.02. The normalized spacial score (nSPS) is 12.0. The van der Waals surface area contributed by atoms with Crippen molar-refractivity contribution in [2.24, 2.45) is 5.92 Å². The molecule has 4 rings (SSSR count). The minimum atomic E-state index is -4.14. The fourth-order valence-corrected chi connectivity index (χ4v) is 6.58. The van der Waals surface area contributed by atoms with Crippen molar-refractivity contribution in [2.45, 2.75) is 37.8 Å². The SMILES string of the molecule is CC(C)CNC(=O)[C@H](Cc1ccccc1)N(Cc1ccc(Br)cc1)C(=O)CN(c1ccc(Br)cc1)S(=O)(=O)c1ccccc1. The van der Waals surface area contributed by atoms with Gasteiger partial charge in [0.05, 0.1) is 10.6 Å². The van der Waals surface area contributed by atoms with Crippen LogP contribution in [0.5, 0.6) is 0 Å². The van der Waals surface area contributed by atoms with Gasteiger partial charge in [0.25, 0.3) is 10.0 Å². The molecule has 44 heavy (non-hydrogen) atoms. The van der Waals surface area contributed by atoms with Crippen LogP contribution in [0.4, 0.5) is 5.69 Å². The maximum Gasteiger partial charge on any atom is 0.264 e. The smallest absolute Gasteiger partial charge is 0.264 e. The zero-order valence-corrected chi connectivity index (χ0v) is 28.6. The molecule has 0 fully saturated rings. The number of halogens is 2. The summed E-state index contributed by atoms with van der Waals surface area (Å²) in [4.78, 5) is 29.8. The fraction of sp³-hybridized carbons (Fsp3) is 0.235. The monoisotopic (exact) mass is 739 g/mol. The van der Waals surface area contributed by atoms with Gasteiger partial charge in [-0.25, -0.2) is 8.42 Å². The third-order valence-corrected chi connectivity index (χ3v) is 9.79. The van der Waals surface area contributed by atoms with Crippen LogP contribution in [0, 0.1) is 5.92 Å². The molecule has 7 nitrogen and oxygen atoms in total. The highest BCUT2D eigenvalue weighted by molar-refractivity contribution is 9.10. The van der Waals surface area contributed by atoms with Crippen molar-refractivity contribution in [3.05, 3.63) is 129 Å². The predicted molar refractivity (Wildman–Crippen MR) is 182 cm³/mol. The number of rotatable bonds is 13. The molecule has 4 aromatic rings. The highest BCUT2D eigenvalue weighted by Gasteiger charge is 2.34. The molecule has 0 radical (unpaired) electrons. The first-order chi connectivity index (χ1) is 21.0. The maximum absolute atomic E-state index is 14.4. The molecule has 1 atom stereocenters. The highest BCUT2D eigenvalue weighted by Crippen LogP contribution is 2.26. The second kappa shape index (κ2) is 15.5. The number of hydrogen-bond acceptors (Lipinski definition) is 4. The average molecular weight is 742 g/mol. The number of carbonyl (C=O) groups excluding carboxylic acids is 2. The largest absolute Gasteiger partial charge is 0.354 e. The fourth-order valence-electron chi connectivity index (χ4n) is 4.62. The number of anilines is 1. The van der Waals surface area contributed by atoms with E-state index in [1.165, 1.54) is 17.0 Å². The van der Waals surface area contributed by atoms with Crippen LogP contribution in [0.3, 0.4) is 0 Å². The topological polar surface area (TPSA) is 86.8 Å². The molecule has 0 bridgehead atoms. The summed E-state index contributed by atoms with van der Waals surface area (Å²) in [6, 6.07) is 30.9. The Bertz CT molecular complexity index is 1630. The number of hydrogen-bond donors (Lipinski definition) is 1. The minimum absolute atomic E-state index is 0.0608. The van der Waals surface area contributed by atoms with E-state index in [0.29, 0.717) is 12.2 Å². The van der Waals surface area contributed by atoms with Crippen LogP contribution in [0.25, 0.3) is 0 Å². The standard InChI is InChI=1S/C34H35Br2N3O4S/c1-25(2)22-37-34(41)32(21-26-9-5-3-6-10-26)38(23-27-13-15-28(35)16-14-27)33(40)24-39(30-19-17-29(36)18-20-30)44(42,43)31-11-7-4-8-12-31/h3-20,25,32H,21-24H2,1-2H3,(H,37,41)/t32-/m0/s1. The van der Waals surface area contributed by atoms with Crippen molar-refractivity contribution >= 4 is 59.4 Å². The molecule has 0 aromatic heterocycles. The summed E-state index contributed by atoms with van der Waals surface area (Å²) in [5.74, 6) is -0.596. The van der Waals surface area contributed by atoms with Crippen molar-refractivity contribution in [1.29, 1.82) is 0 Å². The van der Waals surface area contributed by atoms with Gasteiger partial charge in [0.15, 0.2) is 0 Å². The molecule has 2 amide bonds. The molecule has 0 saturated carbocycles. The summed E-state index contributed by atoms with van der Waals surface area (Å²) in [5, 5.41) is 3.00. The quantitative estimate of drug-likeness (QED) is 0.163. The van der Waals surface area contributed by atoms with E-state index in [1.54, 1.807) is 42.5 Å². The minimum Gasteiger partial charge on any atom is -0.354 e. The van der Waals surface area contributed by atoms with Gasteiger partial charge in [-0.2, -0.15) is 0 Å². The van der Waals surface area contributed by atoms with Crippen LogP contribution in [0.1, 0.15) is 25.0 Å². The van der Waals surface area contributed by atoms with Gasteiger partial charge in [0.1, 0.15) is 12.6 Å². The summed E-state index contributed by atoms with van der Waals surface area (Å²) in [7, 11) is -4.14. The van der Waals surface area contributed by atoms with Crippen LogP contribution < -0.4 is 9.62 Å². The van der Waals surface area contributed by atoms with Gasteiger partial charge in [0.2, 0.25) is 11.8 Å². The van der Waals surface area contributed by atoms with Gasteiger partial charge < -0.3 is 10.2 Å². The first-order valence-electron chi connectivity index (χ1n) is 14.2. The molecule has 0 aliphatic heterocycles. The average Bonchev–Trinajstić information content (AvgIpc) is 3.02. The van der Waals surface area contributed by atoms with Gasteiger partial charge in [-0.3, -0.25) is 13.9 Å². The lowest BCUT2D eigenvalue weighted by Crippen LogP contribution is -2.53. The van der Waals surface area contributed by atoms with E-state index < -0.39 is 28.5 Å². The zero-order valence-electron chi connectivity index (χ0n) is 24.6. The van der Waals surface area contributed by atoms with Crippen LogP contribution in [-0.4, -0.2) is 44.3 Å². The Balaban J connectivity index is 1.78. The van der Waals surface area contributed by atoms with Crippen molar-refractivity contribution in [3.8, 4) is 0 Å². The van der Waals surface area contributed by atoms with E-state index in [4.69, 9.17) is 0 Å². The maximum atomic E-state index is 14.4. The third-order valence-electron chi connectivity index (χ3n) is 6.95. The van der Waals surface area contributed by atoms with E-state index in [-0.39, 0.29) is 29.7 Å². The van der Waals surface area contributed by atoms with Crippen molar-refractivity contribution in [3.63, 3.8) is 0 Å². The number of nitrogens with one attached hydrogen (secondary N) is 1. The molecule has 230 valence electrons. The molecule has 0 heterocycles. The number of benzene rings is 4. The lowest BCUT2D eigenvalue weighted by Gasteiger charge is -2.34. The highest BCUT2D eigenvalue weighted by atomic mass is 79.9. The van der Waals surface area contributed by atoms with Crippen LogP contribution in [0.15, 0.2) is 123 Å². The van der Waals surface area contributed by atoms with Crippen molar-refractivity contribution in [1.82, 2.24) is 10.2 Å². The summed E-state index contributed by atoms with van der Waals surface area (Å²) >= 11 is 6.86. The van der Waals surface area contributed by atoms with Gasteiger partial charge in [-0.1, -0.05) is 106 Å². The van der Waals surface area contributed by atoms with Gasteiger partial charge >= 0.3 is 0 Å². The summed E-state index contributed by atoms with van der Waals surface area (Å²) in [6.07, 6.45) is 0.261. The Hall–Kier alpha value is -3.47. The number of sulfonamides is 1. The van der Waals surface area contributed by atoms with Gasteiger partial charge in [0, 0.05) is 28.5 Å². The Morgan fingerprint density at radius 1 is 0.750 bits per heavy atom. The number of nitrogens with zero attached hydrogens (tertiary/aromatic N) is 2. The molecule has 4 aromatic carbocycles. The predicted octanol–water partition coefficient (Wildman–Crippen LogP) is 6.82. The van der Waals surface area contributed by atoms with E-state index in [0.717, 1.165) is 24.4 Å². The molecule has 0 saturated heterocycles. The molecule has 0 spiro atoms. The lowest BCUT2D eigenvalue weighted by atomic mass is 10.0. The van der Waals surface area contributed by atoms with Crippen LogP contribution in [0.2, 0.25) is 0 Å². The summed E-state index contributed by atoms with van der Waals surface area (Å²) in [6.45, 7) is 4.05. The van der Waals surface area contributed by atoms with E-state index in [2.05, 4.69) is 37.2 Å².